The van der Waals surface area contributed by atoms with Crippen molar-refractivity contribution in [2.24, 2.45) is 0 Å². The van der Waals surface area contributed by atoms with Crippen LogP contribution in [0.25, 0.3) is 10.9 Å². The van der Waals surface area contributed by atoms with Crippen LogP contribution in [0.1, 0.15) is 54.0 Å². The molecule has 0 saturated heterocycles. The highest BCUT2D eigenvalue weighted by molar-refractivity contribution is 6.90. The highest BCUT2D eigenvalue weighted by Gasteiger charge is 2.41. The van der Waals surface area contributed by atoms with Gasteiger partial charge < -0.3 is 9.72 Å². The minimum absolute atomic E-state index is 0.0950. The van der Waals surface area contributed by atoms with E-state index in [1.54, 1.807) is 0 Å². The van der Waals surface area contributed by atoms with Crippen LogP contribution in [-0.2, 0) is 16.0 Å². The summed E-state index contributed by atoms with van der Waals surface area (Å²) >= 11 is 0. The van der Waals surface area contributed by atoms with Crippen LogP contribution in [0.3, 0.4) is 0 Å². The molecule has 30 heavy (non-hydrogen) atoms. The summed E-state index contributed by atoms with van der Waals surface area (Å²) in [6.07, 6.45) is 2.54. The lowest BCUT2D eigenvalue weighted by atomic mass is 10.0. The number of esters is 1. The Kier molecular flexibility index (Phi) is 8.34. The van der Waals surface area contributed by atoms with Crippen LogP contribution in [0.5, 0.6) is 0 Å². The summed E-state index contributed by atoms with van der Waals surface area (Å²) in [5.41, 5.74) is 7.68. The molecule has 2 rings (SSSR count). The number of methoxy groups -OCH3 is 1. The fourth-order valence-corrected chi connectivity index (χ4v) is 10.2. The lowest BCUT2D eigenvalue weighted by molar-refractivity contribution is -0.143. The number of carbonyl (C=O) groups excluding carboxylic acids is 1. The molecule has 1 aromatic carbocycles. The fraction of sp³-hybridized carbons (Fsp3) is 0.560. The number of hydrogen-bond acceptors (Lipinski definition) is 3. The largest absolute Gasteiger partial charge is 0.468 e. The molecule has 2 aromatic rings. The molecule has 0 saturated carbocycles. The SMILES string of the molecule is COC(=O)[C@H](Cc1c[nH]c2ccccc12)N[C@H](C)C#C[Si](C(C)C)(C(C)C)C(C)C. The first-order chi connectivity index (χ1) is 14.1. The predicted molar refractivity (Wildman–Crippen MR) is 129 cm³/mol. The second-order valence-electron chi connectivity index (χ2n) is 9.19. The van der Waals surface area contributed by atoms with E-state index in [0.29, 0.717) is 23.0 Å². The first kappa shape index (κ1) is 24.2. The third-order valence-corrected chi connectivity index (χ3v) is 12.7. The van der Waals surface area contributed by atoms with Gasteiger partial charge in [-0.2, -0.15) is 0 Å². The van der Waals surface area contributed by atoms with Gasteiger partial charge in [0, 0.05) is 23.5 Å². The van der Waals surface area contributed by atoms with E-state index in [1.807, 2.05) is 31.3 Å². The number of nitrogens with one attached hydrogen (secondary N) is 2. The van der Waals surface area contributed by atoms with Crippen LogP contribution in [0.4, 0.5) is 0 Å². The number of hydrogen-bond donors (Lipinski definition) is 2. The number of para-hydroxylation sites is 1. The number of rotatable bonds is 8. The molecule has 0 fully saturated rings. The van der Waals surface area contributed by atoms with Crippen LogP contribution >= 0.6 is 0 Å². The third kappa shape index (κ3) is 5.17. The molecule has 0 aliphatic heterocycles. The van der Waals surface area contributed by atoms with Crippen LogP contribution in [0.2, 0.25) is 16.6 Å². The normalized spacial score (nSPS) is 14.1. The Bertz CT molecular complexity index is 883. The van der Waals surface area contributed by atoms with Gasteiger partial charge in [-0.3, -0.25) is 10.1 Å². The topological polar surface area (TPSA) is 54.1 Å². The van der Waals surface area contributed by atoms with E-state index < -0.39 is 14.1 Å². The summed E-state index contributed by atoms with van der Waals surface area (Å²) in [5.74, 6) is 3.22. The number of H-pyrrole nitrogens is 1. The van der Waals surface area contributed by atoms with Crippen molar-refractivity contribution in [1.82, 2.24) is 10.3 Å². The summed E-state index contributed by atoms with van der Waals surface area (Å²) in [4.78, 5) is 15.8. The predicted octanol–water partition coefficient (Wildman–Crippen LogP) is 5.45. The quantitative estimate of drug-likeness (QED) is 0.335. The van der Waals surface area contributed by atoms with Crippen molar-refractivity contribution in [1.29, 1.82) is 0 Å². The van der Waals surface area contributed by atoms with Gasteiger partial charge in [-0.15, -0.1) is 5.54 Å². The molecule has 164 valence electrons. The number of fused-ring (bicyclic) bond motifs is 1. The van der Waals surface area contributed by atoms with E-state index >= 15 is 0 Å². The van der Waals surface area contributed by atoms with Crippen LogP contribution < -0.4 is 5.32 Å². The Hall–Kier alpha value is -2.03. The van der Waals surface area contributed by atoms with Gasteiger partial charge in [-0.1, -0.05) is 65.7 Å². The molecule has 0 bridgehead atoms. The summed E-state index contributed by atoms with van der Waals surface area (Å²) in [5, 5.41) is 4.56. The first-order valence-corrected chi connectivity index (χ1v) is 13.3. The number of ether oxygens (including phenoxy) is 1. The van der Waals surface area contributed by atoms with Crippen molar-refractivity contribution >= 4 is 24.9 Å². The minimum Gasteiger partial charge on any atom is -0.468 e. The van der Waals surface area contributed by atoms with Gasteiger partial charge in [-0.25, -0.2) is 0 Å². The van der Waals surface area contributed by atoms with Gasteiger partial charge in [0.05, 0.1) is 13.2 Å². The van der Waals surface area contributed by atoms with Gasteiger partial charge in [0.15, 0.2) is 0 Å². The van der Waals surface area contributed by atoms with Crippen molar-refractivity contribution in [3.05, 3.63) is 36.0 Å². The lowest BCUT2D eigenvalue weighted by Gasteiger charge is -2.38. The molecule has 0 unspecified atom stereocenters. The summed E-state index contributed by atoms with van der Waals surface area (Å²) < 4.78 is 5.08. The van der Waals surface area contributed by atoms with Gasteiger partial charge in [0.1, 0.15) is 14.1 Å². The van der Waals surface area contributed by atoms with E-state index in [9.17, 15) is 4.79 Å². The standard InChI is InChI=1S/C25H38N2O2Si/c1-17(2)30(18(3)4,19(5)6)14-13-20(7)27-24(25(28)29-8)15-21-16-26-23-12-10-9-11-22(21)23/h9-12,16-20,24,26-27H,15H2,1-8H3/t20-,24+/m1/s1. The van der Waals surface area contributed by atoms with Crippen molar-refractivity contribution in [3.8, 4) is 11.5 Å². The molecule has 2 atom stereocenters. The van der Waals surface area contributed by atoms with Gasteiger partial charge >= 0.3 is 5.97 Å². The maximum absolute atomic E-state index is 12.5. The van der Waals surface area contributed by atoms with E-state index in [1.165, 1.54) is 7.11 Å². The highest BCUT2D eigenvalue weighted by atomic mass is 28.3. The van der Waals surface area contributed by atoms with Crippen molar-refractivity contribution < 1.29 is 9.53 Å². The fourth-order valence-electron chi connectivity index (χ4n) is 4.88. The summed E-state index contributed by atoms with van der Waals surface area (Å²) in [7, 11) is -0.357. The van der Waals surface area contributed by atoms with Crippen LogP contribution in [-0.4, -0.2) is 38.2 Å². The Morgan fingerprint density at radius 3 is 2.23 bits per heavy atom. The van der Waals surface area contributed by atoms with Crippen molar-refractivity contribution in [3.63, 3.8) is 0 Å². The molecule has 1 heterocycles. The molecule has 5 heteroatoms. The molecular weight excluding hydrogens is 388 g/mol. The zero-order chi connectivity index (χ0) is 22.5. The van der Waals surface area contributed by atoms with E-state index in [2.05, 4.69) is 69.4 Å². The lowest BCUT2D eigenvalue weighted by Crippen LogP contribution is -2.45. The maximum atomic E-state index is 12.5. The summed E-state index contributed by atoms with van der Waals surface area (Å²) in [6, 6.07) is 7.61. The molecule has 1 aromatic heterocycles. The molecule has 4 nitrogen and oxygen atoms in total. The number of benzene rings is 1. The van der Waals surface area contributed by atoms with Crippen LogP contribution in [0.15, 0.2) is 30.5 Å². The van der Waals surface area contributed by atoms with Gasteiger partial charge in [0.2, 0.25) is 0 Å². The smallest absolute Gasteiger partial charge is 0.323 e. The zero-order valence-corrected chi connectivity index (χ0v) is 20.8. The second-order valence-corrected chi connectivity index (χ2v) is 14.8. The molecule has 0 spiro atoms. The van der Waals surface area contributed by atoms with Crippen LogP contribution in [0, 0.1) is 11.5 Å². The van der Waals surface area contributed by atoms with Crippen molar-refractivity contribution in [2.75, 3.05) is 7.11 Å². The number of carbonyl (C=O) groups is 1. The van der Waals surface area contributed by atoms with E-state index in [4.69, 9.17) is 4.74 Å². The Morgan fingerprint density at radius 1 is 1.07 bits per heavy atom. The van der Waals surface area contributed by atoms with E-state index in [0.717, 1.165) is 16.5 Å². The zero-order valence-electron chi connectivity index (χ0n) is 19.8. The second kappa shape index (κ2) is 10.3. The molecule has 0 radical (unpaired) electrons. The minimum atomic E-state index is -1.80. The number of aromatic amines is 1. The molecule has 0 aliphatic rings. The molecular formula is C25H38N2O2Si. The van der Waals surface area contributed by atoms with Crippen molar-refractivity contribution in [2.45, 2.75) is 83.6 Å². The van der Waals surface area contributed by atoms with Gasteiger partial charge in [-0.05, 0) is 35.2 Å². The monoisotopic (exact) mass is 426 g/mol. The van der Waals surface area contributed by atoms with Gasteiger partial charge in [0.25, 0.3) is 0 Å². The Balaban J connectivity index is 2.25. The Labute approximate surface area is 183 Å². The molecule has 0 amide bonds. The summed E-state index contributed by atoms with van der Waals surface area (Å²) in [6.45, 7) is 15.9. The molecule has 2 N–H and O–H groups in total. The van der Waals surface area contributed by atoms with E-state index in [-0.39, 0.29) is 12.0 Å². The maximum Gasteiger partial charge on any atom is 0.323 e. The Morgan fingerprint density at radius 2 is 1.67 bits per heavy atom. The highest BCUT2D eigenvalue weighted by Crippen LogP contribution is 2.40. The first-order valence-electron chi connectivity index (χ1n) is 11.0. The molecule has 0 aliphatic carbocycles. The average molecular weight is 427 g/mol. The average Bonchev–Trinajstić information content (AvgIpc) is 3.09. The number of aromatic nitrogens is 1. The third-order valence-electron chi connectivity index (χ3n) is 6.41.